The summed E-state index contributed by atoms with van der Waals surface area (Å²) in [5.74, 6) is -0.935. The normalized spacial score (nSPS) is 7.36. The maximum absolute atomic E-state index is 9.60. The predicted octanol–water partition coefficient (Wildman–Crippen LogP) is 1.03. The van der Waals surface area contributed by atoms with E-state index in [4.69, 9.17) is 10.2 Å². The van der Waals surface area contributed by atoms with Gasteiger partial charge in [0.25, 0.3) is 0 Å². The van der Waals surface area contributed by atoms with Gasteiger partial charge in [0.2, 0.25) is 0 Å². The van der Waals surface area contributed by atoms with E-state index in [-0.39, 0.29) is 33.4 Å². The Hall–Kier alpha value is -0.116. The molecule has 0 aliphatic carbocycles. The number of aliphatic hydroxyl groups excluding tert-OH is 1. The zero-order valence-corrected chi connectivity index (χ0v) is 8.65. The minimum absolute atomic E-state index is 0. The number of carboxylic acid groups (broad SMARTS) is 1. The second-order valence-corrected chi connectivity index (χ2v) is 2.18. The van der Waals surface area contributed by atoms with E-state index in [0.717, 1.165) is 0 Å². The molecule has 2 N–H and O–H groups in total. The van der Waals surface area contributed by atoms with Crippen molar-refractivity contribution < 1.29 is 36.7 Å². The van der Waals surface area contributed by atoms with E-state index in [1.54, 1.807) is 13.8 Å². The first-order chi connectivity index (χ1) is 4.37. The third-order valence-corrected chi connectivity index (χ3v) is 0.365. The van der Waals surface area contributed by atoms with Crippen LogP contribution in [0.3, 0.4) is 0 Å². The SMILES string of the molecule is C=C(C)C(=O)O.CC(C)O.[Ti]. The number of hydrogen-bond donors (Lipinski definition) is 2. The van der Waals surface area contributed by atoms with Crippen LogP contribution in [0.5, 0.6) is 0 Å². The molecule has 0 amide bonds. The van der Waals surface area contributed by atoms with Gasteiger partial charge < -0.3 is 10.2 Å². The van der Waals surface area contributed by atoms with Gasteiger partial charge in [-0.1, -0.05) is 6.58 Å². The van der Waals surface area contributed by atoms with Crippen LogP contribution in [0.4, 0.5) is 0 Å². The topological polar surface area (TPSA) is 57.5 Å². The molecule has 0 unspecified atom stereocenters. The average Bonchev–Trinajstić information content (AvgIpc) is 1.63. The molecule has 0 aliphatic heterocycles. The Morgan fingerprint density at radius 2 is 1.55 bits per heavy atom. The van der Waals surface area contributed by atoms with Crippen LogP contribution in [0.15, 0.2) is 12.2 Å². The van der Waals surface area contributed by atoms with Crippen molar-refractivity contribution in [2.45, 2.75) is 26.9 Å². The van der Waals surface area contributed by atoms with Crippen LogP contribution in [-0.2, 0) is 26.5 Å². The molecule has 0 fully saturated rings. The van der Waals surface area contributed by atoms with Crippen LogP contribution >= 0.6 is 0 Å². The molecule has 0 aromatic carbocycles. The summed E-state index contributed by atoms with van der Waals surface area (Å²) in [6, 6.07) is 0. The molecular formula is C7H14O3Ti. The summed E-state index contributed by atoms with van der Waals surface area (Å²) in [5.41, 5.74) is 0.176. The molecule has 0 aromatic rings. The smallest absolute Gasteiger partial charge is 0.330 e. The van der Waals surface area contributed by atoms with Crippen molar-refractivity contribution in [3.63, 3.8) is 0 Å². The molecule has 0 rings (SSSR count). The summed E-state index contributed by atoms with van der Waals surface area (Å²) in [6.45, 7) is 8.05. The fraction of sp³-hybridized carbons (Fsp3) is 0.571. The molecule has 3 nitrogen and oxygen atoms in total. The van der Waals surface area contributed by atoms with Crippen LogP contribution < -0.4 is 0 Å². The monoisotopic (exact) mass is 194 g/mol. The Labute approximate surface area is 82.0 Å². The quantitative estimate of drug-likeness (QED) is 0.484. The first-order valence-electron chi connectivity index (χ1n) is 2.94. The van der Waals surface area contributed by atoms with Crippen molar-refractivity contribution in [2.24, 2.45) is 0 Å². The standard InChI is InChI=1S/C4H6O2.C3H8O.Ti/c1-3(2)4(5)6;1-3(2)4;/h1H2,2H3,(H,5,6);3-4H,1-2H3;. The summed E-state index contributed by atoms with van der Waals surface area (Å²) < 4.78 is 0. The Balaban J connectivity index is -0.000000114. The molecule has 0 saturated heterocycles. The second kappa shape index (κ2) is 9.88. The molecule has 0 atom stereocenters. The van der Waals surface area contributed by atoms with E-state index in [0.29, 0.717) is 0 Å². The van der Waals surface area contributed by atoms with E-state index in [9.17, 15) is 4.79 Å². The van der Waals surface area contributed by atoms with Crippen LogP contribution in [0, 0.1) is 0 Å². The van der Waals surface area contributed by atoms with Gasteiger partial charge in [-0.2, -0.15) is 0 Å². The van der Waals surface area contributed by atoms with Gasteiger partial charge in [-0.25, -0.2) is 4.79 Å². The number of aliphatic hydroxyl groups is 1. The van der Waals surface area contributed by atoms with Crippen LogP contribution in [0.2, 0.25) is 0 Å². The summed E-state index contributed by atoms with van der Waals surface area (Å²) >= 11 is 0. The van der Waals surface area contributed by atoms with Crippen LogP contribution in [-0.4, -0.2) is 22.3 Å². The maximum Gasteiger partial charge on any atom is 0.330 e. The Morgan fingerprint density at radius 3 is 1.55 bits per heavy atom. The molecule has 64 valence electrons. The number of rotatable bonds is 1. The summed E-state index contributed by atoms with van der Waals surface area (Å²) in [6.07, 6.45) is -0.167. The second-order valence-electron chi connectivity index (χ2n) is 2.18. The van der Waals surface area contributed by atoms with Gasteiger partial charge in [0.15, 0.2) is 0 Å². The Kier molecular flexibility index (Phi) is 15.4. The number of aliphatic carboxylic acids is 1. The minimum atomic E-state index is -0.935. The zero-order valence-electron chi connectivity index (χ0n) is 7.09. The Morgan fingerprint density at radius 1 is 1.45 bits per heavy atom. The van der Waals surface area contributed by atoms with Crippen molar-refractivity contribution in [3.8, 4) is 0 Å². The van der Waals surface area contributed by atoms with Crippen molar-refractivity contribution in [1.82, 2.24) is 0 Å². The number of carbonyl (C=O) groups is 1. The summed E-state index contributed by atoms with van der Waals surface area (Å²) in [7, 11) is 0. The van der Waals surface area contributed by atoms with Crippen molar-refractivity contribution in [3.05, 3.63) is 12.2 Å². The van der Waals surface area contributed by atoms with Gasteiger partial charge in [-0.15, -0.1) is 0 Å². The zero-order chi connectivity index (χ0) is 8.73. The van der Waals surface area contributed by atoms with E-state index in [1.807, 2.05) is 0 Å². The molecular weight excluding hydrogens is 180 g/mol. The van der Waals surface area contributed by atoms with Gasteiger partial charge in [-0.3, -0.25) is 0 Å². The van der Waals surface area contributed by atoms with Crippen molar-refractivity contribution in [1.29, 1.82) is 0 Å². The van der Waals surface area contributed by atoms with Crippen LogP contribution in [0.1, 0.15) is 20.8 Å². The van der Waals surface area contributed by atoms with E-state index in [1.165, 1.54) is 6.92 Å². The third kappa shape index (κ3) is 40.7. The molecule has 0 heterocycles. The number of hydrogen-bond acceptors (Lipinski definition) is 2. The largest absolute Gasteiger partial charge is 0.478 e. The molecule has 0 bridgehead atoms. The van der Waals surface area contributed by atoms with E-state index < -0.39 is 5.97 Å². The van der Waals surface area contributed by atoms with Crippen molar-refractivity contribution >= 4 is 5.97 Å². The first kappa shape index (κ1) is 17.1. The average molecular weight is 194 g/mol. The first-order valence-corrected chi connectivity index (χ1v) is 2.94. The summed E-state index contributed by atoms with van der Waals surface area (Å²) in [4.78, 5) is 9.60. The molecule has 0 aliphatic rings. The molecule has 11 heavy (non-hydrogen) atoms. The van der Waals surface area contributed by atoms with E-state index in [2.05, 4.69) is 6.58 Å². The molecule has 4 heteroatoms. The van der Waals surface area contributed by atoms with Gasteiger partial charge >= 0.3 is 5.97 Å². The number of carboxylic acids is 1. The predicted molar refractivity (Wildman–Crippen MR) is 39.8 cm³/mol. The van der Waals surface area contributed by atoms with Gasteiger partial charge in [0, 0.05) is 33.4 Å². The maximum atomic E-state index is 9.60. The molecule has 0 aromatic heterocycles. The van der Waals surface area contributed by atoms with Gasteiger partial charge in [0.1, 0.15) is 0 Å². The molecule has 0 spiro atoms. The third-order valence-electron chi connectivity index (χ3n) is 0.365. The fourth-order valence-corrected chi connectivity index (χ4v) is 0. The van der Waals surface area contributed by atoms with Gasteiger partial charge in [0.05, 0.1) is 0 Å². The fourth-order valence-electron chi connectivity index (χ4n) is 0. The Bertz CT molecular complexity index is 106. The summed E-state index contributed by atoms with van der Waals surface area (Å²) in [5, 5.41) is 15.9. The van der Waals surface area contributed by atoms with Crippen molar-refractivity contribution in [2.75, 3.05) is 0 Å². The van der Waals surface area contributed by atoms with E-state index >= 15 is 0 Å². The molecule has 0 radical (unpaired) electrons. The molecule has 0 saturated carbocycles. The van der Waals surface area contributed by atoms with Crippen LogP contribution in [0.25, 0.3) is 0 Å². The minimum Gasteiger partial charge on any atom is -0.478 e. The van der Waals surface area contributed by atoms with Gasteiger partial charge in [-0.05, 0) is 20.8 Å².